The summed E-state index contributed by atoms with van der Waals surface area (Å²) in [6.45, 7) is 2.96. The van der Waals surface area contributed by atoms with Crippen molar-refractivity contribution in [3.63, 3.8) is 0 Å². The number of hydrogen-bond acceptors (Lipinski definition) is 7. The molecule has 2 aromatic carbocycles. The number of benzene rings is 2. The molecule has 1 aliphatic heterocycles. The summed E-state index contributed by atoms with van der Waals surface area (Å²) in [5.74, 6) is -0.567. The van der Waals surface area contributed by atoms with Crippen LogP contribution in [-0.4, -0.2) is 36.5 Å². The van der Waals surface area contributed by atoms with Gasteiger partial charge in [-0.3, -0.25) is 10.1 Å². The Labute approximate surface area is 174 Å². The fraction of sp³-hybridized carbons (Fsp3) is 0.333. The minimum Gasteiger partial charge on any atom is -0.485 e. The van der Waals surface area contributed by atoms with E-state index in [0.29, 0.717) is 0 Å². The zero-order valence-electron chi connectivity index (χ0n) is 16.1. The van der Waals surface area contributed by atoms with Gasteiger partial charge in [0.2, 0.25) is 10.0 Å². The highest BCUT2D eigenvalue weighted by Crippen LogP contribution is 2.42. The third-order valence-corrected chi connectivity index (χ3v) is 6.05. The zero-order chi connectivity index (χ0) is 23.2. The van der Waals surface area contributed by atoms with E-state index >= 15 is 0 Å². The fourth-order valence-electron chi connectivity index (χ4n) is 3.09. The predicted octanol–water partition coefficient (Wildman–Crippen LogP) is 3.04. The van der Waals surface area contributed by atoms with Crippen LogP contribution in [0.25, 0.3) is 0 Å². The Hall–Kier alpha value is -2.90. The first-order valence-electron chi connectivity index (χ1n) is 8.73. The fourth-order valence-corrected chi connectivity index (χ4v) is 4.31. The second-order valence-corrected chi connectivity index (χ2v) is 8.96. The van der Waals surface area contributed by atoms with Crippen molar-refractivity contribution in [2.75, 3.05) is 0 Å². The van der Waals surface area contributed by atoms with Crippen LogP contribution in [0.5, 0.6) is 11.5 Å². The van der Waals surface area contributed by atoms with Gasteiger partial charge >= 0.3 is 6.36 Å². The third-order valence-electron chi connectivity index (χ3n) is 4.59. The number of ether oxygens (including phenoxy) is 2. The maximum absolute atomic E-state index is 12.8. The molecule has 3 rings (SSSR count). The van der Waals surface area contributed by atoms with E-state index in [-0.39, 0.29) is 21.9 Å². The standard InChI is InChI=1S/C18H17F3N2O7S/c1-17(2)16(24)15(13-9-11(29-18(19,20)21)5-8-14(13)30-17)22-31(27,28)12-6-3-10(4-7-12)23(25)26/h3-9,15-16,22,24H,1-2H3/t15-,16+/m0/s1. The molecule has 0 aliphatic carbocycles. The number of hydrogen-bond donors (Lipinski definition) is 2. The Morgan fingerprint density at radius 2 is 1.81 bits per heavy atom. The van der Waals surface area contributed by atoms with Crippen LogP contribution >= 0.6 is 0 Å². The van der Waals surface area contributed by atoms with Gasteiger partial charge in [0.15, 0.2) is 0 Å². The Kier molecular flexibility index (Phi) is 5.63. The summed E-state index contributed by atoms with van der Waals surface area (Å²) >= 11 is 0. The molecule has 2 atom stereocenters. The highest BCUT2D eigenvalue weighted by atomic mass is 32.2. The summed E-state index contributed by atoms with van der Waals surface area (Å²) in [4.78, 5) is 9.73. The topological polar surface area (TPSA) is 128 Å². The normalized spacial score (nSPS) is 20.5. The molecule has 0 saturated carbocycles. The van der Waals surface area contributed by atoms with Gasteiger partial charge in [0.1, 0.15) is 23.2 Å². The second kappa shape index (κ2) is 7.66. The van der Waals surface area contributed by atoms with Gasteiger partial charge in [0.05, 0.1) is 15.9 Å². The number of alkyl halides is 3. The number of aliphatic hydroxyl groups is 1. The maximum atomic E-state index is 12.8. The molecule has 2 aromatic rings. The van der Waals surface area contributed by atoms with E-state index < -0.39 is 44.8 Å². The average Bonchev–Trinajstić information content (AvgIpc) is 2.64. The van der Waals surface area contributed by atoms with Crippen LogP contribution in [0, 0.1) is 10.1 Å². The summed E-state index contributed by atoms with van der Waals surface area (Å²) < 4.78 is 75.1. The van der Waals surface area contributed by atoms with Crippen molar-refractivity contribution in [2.45, 2.75) is 42.9 Å². The van der Waals surface area contributed by atoms with Crippen molar-refractivity contribution in [3.8, 4) is 11.5 Å². The highest BCUT2D eigenvalue weighted by molar-refractivity contribution is 7.89. The lowest BCUT2D eigenvalue weighted by Gasteiger charge is -2.42. The van der Waals surface area contributed by atoms with Crippen molar-refractivity contribution in [1.82, 2.24) is 4.72 Å². The molecule has 0 aromatic heterocycles. The molecule has 0 amide bonds. The SMILES string of the molecule is CC1(C)Oc2ccc(OC(F)(F)F)cc2[C@H](NS(=O)(=O)c2ccc([N+](=O)[O-])cc2)[C@H]1O. The van der Waals surface area contributed by atoms with E-state index in [1.165, 1.54) is 19.9 Å². The first-order chi connectivity index (χ1) is 14.2. The van der Waals surface area contributed by atoms with Crippen LogP contribution in [0.3, 0.4) is 0 Å². The summed E-state index contributed by atoms with van der Waals surface area (Å²) in [5.41, 5.74) is -1.69. The minimum absolute atomic E-state index is 0.0567. The van der Waals surface area contributed by atoms with E-state index in [2.05, 4.69) is 9.46 Å². The number of sulfonamides is 1. The van der Waals surface area contributed by atoms with Crippen molar-refractivity contribution in [2.24, 2.45) is 0 Å². The van der Waals surface area contributed by atoms with Gasteiger partial charge in [0.25, 0.3) is 5.69 Å². The molecule has 0 radical (unpaired) electrons. The van der Waals surface area contributed by atoms with E-state index in [4.69, 9.17) is 4.74 Å². The molecule has 13 heteroatoms. The van der Waals surface area contributed by atoms with Crippen LogP contribution in [0.1, 0.15) is 25.5 Å². The Balaban J connectivity index is 2.00. The molecule has 1 aliphatic rings. The molecule has 0 bridgehead atoms. The quantitative estimate of drug-likeness (QED) is 0.516. The van der Waals surface area contributed by atoms with E-state index in [1.54, 1.807) is 0 Å². The second-order valence-electron chi connectivity index (χ2n) is 7.25. The monoisotopic (exact) mass is 462 g/mol. The lowest BCUT2D eigenvalue weighted by atomic mass is 9.87. The molecular formula is C18H17F3N2O7S. The smallest absolute Gasteiger partial charge is 0.485 e. The van der Waals surface area contributed by atoms with Crippen LogP contribution < -0.4 is 14.2 Å². The van der Waals surface area contributed by atoms with E-state index in [0.717, 1.165) is 36.4 Å². The lowest BCUT2D eigenvalue weighted by molar-refractivity contribution is -0.384. The number of nitrogens with one attached hydrogen (secondary N) is 1. The van der Waals surface area contributed by atoms with E-state index in [9.17, 15) is 36.8 Å². The van der Waals surface area contributed by atoms with Gasteiger partial charge in [-0.2, -0.15) is 0 Å². The third kappa shape index (κ3) is 4.89. The first kappa shape index (κ1) is 22.8. The molecule has 9 nitrogen and oxygen atoms in total. The van der Waals surface area contributed by atoms with Gasteiger partial charge < -0.3 is 14.6 Å². The number of fused-ring (bicyclic) bond motifs is 1. The number of non-ortho nitro benzene ring substituents is 1. The lowest BCUT2D eigenvalue weighted by Crippen LogP contribution is -2.53. The molecule has 168 valence electrons. The summed E-state index contributed by atoms with van der Waals surface area (Å²) in [5, 5.41) is 21.5. The molecule has 31 heavy (non-hydrogen) atoms. The number of aliphatic hydroxyl groups excluding tert-OH is 1. The number of nitrogens with zero attached hydrogens (tertiary/aromatic N) is 1. The number of halogens is 3. The van der Waals surface area contributed by atoms with Gasteiger partial charge in [-0.25, -0.2) is 13.1 Å². The Bertz CT molecular complexity index is 1100. The van der Waals surface area contributed by atoms with Crippen LogP contribution in [0.2, 0.25) is 0 Å². The summed E-state index contributed by atoms with van der Waals surface area (Å²) in [6, 6.07) is 5.69. The molecular weight excluding hydrogens is 445 g/mol. The summed E-state index contributed by atoms with van der Waals surface area (Å²) in [7, 11) is -4.33. The maximum Gasteiger partial charge on any atom is 0.573 e. The zero-order valence-corrected chi connectivity index (χ0v) is 16.9. The van der Waals surface area contributed by atoms with Crippen LogP contribution in [0.15, 0.2) is 47.4 Å². The average molecular weight is 462 g/mol. The van der Waals surface area contributed by atoms with Crippen molar-refractivity contribution < 1.29 is 41.1 Å². The van der Waals surface area contributed by atoms with Gasteiger partial charge in [-0.05, 0) is 44.2 Å². The van der Waals surface area contributed by atoms with Crippen molar-refractivity contribution >= 4 is 15.7 Å². The first-order valence-corrected chi connectivity index (χ1v) is 10.2. The molecule has 0 saturated heterocycles. The largest absolute Gasteiger partial charge is 0.573 e. The number of rotatable bonds is 5. The van der Waals surface area contributed by atoms with Crippen LogP contribution in [-0.2, 0) is 10.0 Å². The van der Waals surface area contributed by atoms with Crippen molar-refractivity contribution in [3.05, 3.63) is 58.1 Å². The van der Waals surface area contributed by atoms with Gasteiger partial charge in [-0.15, -0.1) is 13.2 Å². The number of nitro groups is 1. The minimum atomic E-state index is -4.98. The van der Waals surface area contributed by atoms with E-state index in [1.807, 2.05) is 0 Å². The number of nitro benzene ring substituents is 1. The van der Waals surface area contributed by atoms with Gasteiger partial charge in [-0.1, -0.05) is 0 Å². The predicted molar refractivity (Wildman–Crippen MR) is 100.0 cm³/mol. The van der Waals surface area contributed by atoms with Gasteiger partial charge in [0, 0.05) is 17.7 Å². The molecule has 1 heterocycles. The Morgan fingerprint density at radius 3 is 2.35 bits per heavy atom. The van der Waals surface area contributed by atoms with Crippen LogP contribution in [0.4, 0.5) is 18.9 Å². The molecule has 0 fully saturated rings. The van der Waals surface area contributed by atoms with Crippen molar-refractivity contribution in [1.29, 1.82) is 0 Å². The summed E-state index contributed by atoms with van der Waals surface area (Å²) in [6.07, 6.45) is -6.47. The Morgan fingerprint density at radius 1 is 1.19 bits per heavy atom. The molecule has 2 N–H and O–H groups in total. The molecule has 0 unspecified atom stereocenters. The highest BCUT2D eigenvalue weighted by Gasteiger charge is 2.45. The molecule has 0 spiro atoms.